The summed E-state index contributed by atoms with van der Waals surface area (Å²) in [5.41, 5.74) is 6.80. The van der Waals surface area contributed by atoms with E-state index < -0.39 is 0 Å². The summed E-state index contributed by atoms with van der Waals surface area (Å²) in [5, 5.41) is 0. The molecule has 0 heterocycles. The van der Waals surface area contributed by atoms with Gasteiger partial charge in [-0.25, -0.2) is 0 Å². The Kier molecular flexibility index (Phi) is 5.65. The second kappa shape index (κ2) is 7.48. The molecule has 3 N–H and O–H groups in total. The number of hydrazine groups is 1. The molecule has 1 atom stereocenters. The van der Waals surface area contributed by atoms with E-state index in [-0.39, 0.29) is 6.04 Å². The first kappa shape index (κ1) is 15.1. The maximum Gasteiger partial charge on any atom is 0.0553 e. The molecule has 0 saturated carbocycles. The van der Waals surface area contributed by atoms with Crippen LogP contribution in [-0.2, 0) is 6.42 Å². The largest absolute Gasteiger partial charge is 0.271 e. The van der Waals surface area contributed by atoms with Crippen molar-refractivity contribution >= 4 is 11.8 Å². The molecular weight excluding hydrogens is 264 g/mol. The van der Waals surface area contributed by atoms with Gasteiger partial charge in [-0.1, -0.05) is 48.9 Å². The molecule has 0 radical (unpaired) electrons. The van der Waals surface area contributed by atoms with Crippen LogP contribution >= 0.6 is 11.8 Å². The maximum absolute atomic E-state index is 5.70. The van der Waals surface area contributed by atoms with Crippen molar-refractivity contribution < 1.29 is 0 Å². The van der Waals surface area contributed by atoms with Gasteiger partial charge in [0.25, 0.3) is 0 Å². The molecule has 0 amide bonds. The number of nitrogens with one attached hydrogen (secondary N) is 1. The highest BCUT2D eigenvalue weighted by Gasteiger charge is 2.10. The van der Waals surface area contributed by atoms with Gasteiger partial charge in [-0.3, -0.25) is 11.3 Å². The second-order valence-electron chi connectivity index (χ2n) is 4.94. The van der Waals surface area contributed by atoms with Crippen molar-refractivity contribution in [3.63, 3.8) is 0 Å². The molecule has 0 aliphatic rings. The highest BCUT2D eigenvalue weighted by molar-refractivity contribution is 7.99. The fourth-order valence-electron chi connectivity index (χ4n) is 2.04. The lowest BCUT2D eigenvalue weighted by molar-refractivity contribution is 0.610. The van der Waals surface area contributed by atoms with Crippen LogP contribution in [0.1, 0.15) is 29.7 Å². The Morgan fingerprint density at radius 3 is 2.25 bits per heavy atom. The molecular formula is C17H22N2S. The van der Waals surface area contributed by atoms with Crippen LogP contribution in [0.4, 0.5) is 0 Å². The van der Waals surface area contributed by atoms with Crippen LogP contribution in [0.5, 0.6) is 0 Å². The molecule has 3 heteroatoms. The summed E-state index contributed by atoms with van der Waals surface area (Å²) in [5.74, 6) is 6.62. The van der Waals surface area contributed by atoms with Crippen molar-refractivity contribution in [1.29, 1.82) is 0 Å². The van der Waals surface area contributed by atoms with Crippen LogP contribution in [0.25, 0.3) is 0 Å². The normalized spacial score (nSPS) is 12.3. The average molecular weight is 286 g/mol. The minimum atomic E-state index is 0.173. The van der Waals surface area contributed by atoms with Crippen LogP contribution in [0, 0.1) is 6.92 Å². The fourth-order valence-corrected chi connectivity index (χ4v) is 3.02. The first-order valence-corrected chi connectivity index (χ1v) is 7.96. The van der Waals surface area contributed by atoms with E-state index in [1.54, 1.807) is 0 Å². The molecule has 2 nitrogen and oxygen atoms in total. The Labute approximate surface area is 125 Å². The average Bonchev–Trinajstić information content (AvgIpc) is 2.50. The number of aryl methyl sites for hydroxylation is 2. The highest BCUT2D eigenvalue weighted by atomic mass is 32.2. The number of hydrogen-bond acceptors (Lipinski definition) is 3. The third-order valence-electron chi connectivity index (χ3n) is 3.43. The first-order valence-electron chi connectivity index (χ1n) is 6.97. The summed E-state index contributed by atoms with van der Waals surface area (Å²) >= 11 is 1.82. The first-order chi connectivity index (χ1) is 9.72. The minimum absolute atomic E-state index is 0.173. The summed E-state index contributed by atoms with van der Waals surface area (Å²) < 4.78 is 0. The summed E-state index contributed by atoms with van der Waals surface area (Å²) in [6, 6.07) is 17.5. The van der Waals surface area contributed by atoms with Crippen LogP contribution in [-0.4, -0.2) is 5.75 Å². The molecule has 0 bridgehead atoms. The van der Waals surface area contributed by atoms with Crippen LogP contribution in [0.2, 0.25) is 0 Å². The van der Waals surface area contributed by atoms with Crippen LogP contribution in [0.3, 0.4) is 0 Å². The van der Waals surface area contributed by atoms with Gasteiger partial charge in [0.1, 0.15) is 0 Å². The topological polar surface area (TPSA) is 38.0 Å². The summed E-state index contributed by atoms with van der Waals surface area (Å²) in [6.07, 6.45) is 1.07. The van der Waals surface area contributed by atoms with Gasteiger partial charge >= 0.3 is 0 Å². The Bertz CT molecular complexity index is 520. The lowest BCUT2D eigenvalue weighted by Gasteiger charge is -2.16. The van der Waals surface area contributed by atoms with Gasteiger partial charge in [0.15, 0.2) is 0 Å². The van der Waals surface area contributed by atoms with E-state index in [1.165, 1.54) is 21.6 Å². The number of nitrogens with two attached hydrogens (primary N) is 1. The van der Waals surface area contributed by atoms with Gasteiger partial charge in [-0.2, -0.15) is 0 Å². The molecule has 0 aliphatic carbocycles. The molecule has 0 spiro atoms. The molecule has 2 aromatic rings. The van der Waals surface area contributed by atoms with Crippen molar-refractivity contribution in [1.82, 2.24) is 5.43 Å². The summed E-state index contributed by atoms with van der Waals surface area (Å²) in [6.45, 7) is 4.27. The van der Waals surface area contributed by atoms with Crippen molar-refractivity contribution in [2.45, 2.75) is 31.2 Å². The van der Waals surface area contributed by atoms with Gasteiger partial charge in [-0.05, 0) is 36.6 Å². The molecule has 20 heavy (non-hydrogen) atoms. The van der Waals surface area contributed by atoms with E-state index in [2.05, 4.69) is 67.8 Å². The molecule has 2 aromatic carbocycles. The number of thioether (sulfide) groups is 1. The fraction of sp³-hybridized carbons (Fsp3) is 0.294. The predicted molar refractivity (Wildman–Crippen MR) is 87.8 cm³/mol. The number of benzene rings is 2. The van der Waals surface area contributed by atoms with Gasteiger partial charge in [0.2, 0.25) is 0 Å². The zero-order valence-electron chi connectivity index (χ0n) is 12.1. The standard InChI is InChI=1S/C17H22N2S/c1-3-14-6-8-15(9-7-14)17(19-18)12-20-16-10-4-13(2)5-11-16/h4-11,17,19H,3,12,18H2,1-2H3. The SMILES string of the molecule is CCc1ccc(C(CSc2ccc(C)cc2)NN)cc1. The summed E-state index contributed by atoms with van der Waals surface area (Å²) in [7, 11) is 0. The third kappa shape index (κ3) is 4.10. The zero-order valence-corrected chi connectivity index (χ0v) is 12.9. The van der Waals surface area contributed by atoms with E-state index in [4.69, 9.17) is 5.84 Å². The van der Waals surface area contributed by atoms with Crippen molar-refractivity contribution in [3.05, 3.63) is 65.2 Å². The van der Waals surface area contributed by atoms with E-state index in [0.717, 1.165) is 12.2 Å². The van der Waals surface area contributed by atoms with Gasteiger partial charge in [0, 0.05) is 10.6 Å². The van der Waals surface area contributed by atoms with Crippen molar-refractivity contribution in [2.24, 2.45) is 5.84 Å². The van der Waals surface area contributed by atoms with E-state index in [0.29, 0.717) is 0 Å². The Morgan fingerprint density at radius 2 is 1.70 bits per heavy atom. The number of hydrogen-bond donors (Lipinski definition) is 2. The van der Waals surface area contributed by atoms with E-state index in [1.807, 2.05) is 11.8 Å². The van der Waals surface area contributed by atoms with Crippen molar-refractivity contribution in [3.8, 4) is 0 Å². The predicted octanol–water partition coefficient (Wildman–Crippen LogP) is 3.85. The van der Waals surface area contributed by atoms with Crippen LogP contribution in [0.15, 0.2) is 53.4 Å². The van der Waals surface area contributed by atoms with Gasteiger partial charge < -0.3 is 0 Å². The zero-order chi connectivity index (χ0) is 14.4. The second-order valence-corrected chi connectivity index (χ2v) is 6.03. The van der Waals surface area contributed by atoms with E-state index >= 15 is 0 Å². The quantitative estimate of drug-likeness (QED) is 0.481. The van der Waals surface area contributed by atoms with E-state index in [9.17, 15) is 0 Å². The Balaban J connectivity index is 1.99. The molecule has 106 valence electrons. The molecule has 0 aromatic heterocycles. The molecule has 0 saturated heterocycles. The smallest absolute Gasteiger partial charge is 0.0553 e. The third-order valence-corrected chi connectivity index (χ3v) is 4.53. The lowest BCUT2D eigenvalue weighted by atomic mass is 10.1. The monoisotopic (exact) mass is 286 g/mol. The minimum Gasteiger partial charge on any atom is -0.271 e. The maximum atomic E-state index is 5.70. The summed E-state index contributed by atoms with van der Waals surface area (Å²) in [4.78, 5) is 1.28. The Hall–Kier alpha value is -1.29. The molecule has 2 rings (SSSR count). The molecule has 0 fully saturated rings. The molecule has 1 unspecified atom stereocenters. The number of rotatable bonds is 6. The lowest BCUT2D eigenvalue weighted by Crippen LogP contribution is -2.29. The van der Waals surface area contributed by atoms with Gasteiger partial charge in [0.05, 0.1) is 6.04 Å². The van der Waals surface area contributed by atoms with Gasteiger partial charge in [-0.15, -0.1) is 11.8 Å². The van der Waals surface area contributed by atoms with Crippen LogP contribution < -0.4 is 11.3 Å². The van der Waals surface area contributed by atoms with Crippen molar-refractivity contribution in [2.75, 3.05) is 5.75 Å². The highest BCUT2D eigenvalue weighted by Crippen LogP contribution is 2.25. The Morgan fingerprint density at radius 1 is 1.05 bits per heavy atom. The molecule has 0 aliphatic heterocycles.